The first-order valence-corrected chi connectivity index (χ1v) is 6.47. The molecule has 0 unspecified atom stereocenters. The van der Waals surface area contributed by atoms with E-state index in [0.29, 0.717) is 22.9 Å². The minimum absolute atomic E-state index is 0.135. The smallest absolute Gasteiger partial charge is 0.267 e. The zero-order chi connectivity index (χ0) is 14.7. The molecule has 1 heterocycles. The lowest BCUT2D eigenvalue weighted by molar-refractivity contribution is 0.0996. The number of nitrogens with one attached hydrogen (secondary N) is 1. The van der Waals surface area contributed by atoms with Crippen LogP contribution in [0.2, 0.25) is 0 Å². The van der Waals surface area contributed by atoms with Gasteiger partial charge in [0, 0.05) is 4.47 Å². The van der Waals surface area contributed by atoms with Gasteiger partial charge in [-0.05, 0) is 30.3 Å². The number of carbonyl (C=O) groups excluding carboxylic acids is 1. The van der Waals surface area contributed by atoms with Gasteiger partial charge in [0.15, 0.2) is 5.82 Å². The molecule has 7 heteroatoms. The Morgan fingerprint density at radius 2 is 2.10 bits per heavy atom. The summed E-state index contributed by atoms with van der Waals surface area (Å²) in [6.07, 6.45) is 0. The second-order valence-corrected chi connectivity index (χ2v) is 4.88. The third-order valence-corrected chi connectivity index (χ3v) is 3.09. The van der Waals surface area contributed by atoms with Crippen LogP contribution in [-0.2, 0) is 0 Å². The Morgan fingerprint density at radius 1 is 1.35 bits per heavy atom. The summed E-state index contributed by atoms with van der Waals surface area (Å²) in [4.78, 5) is 15.2. The maximum atomic E-state index is 11.2. The maximum absolute atomic E-state index is 11.2. The molecule has 20 heavy (non-hydrogen) atoms. The topological polar surface area (TPSA) is 103 Å². The van der Waals surface area contributed by atoms with E-state index in [1.54, 1.807) is 19.2 Å². The van der Waals surface area contributed by atoms with Gasteiger partial charge >= 0.3 is 0 Å². The number of methoxy groups -OCH3 is 1. The molecule has 1 aromatic carbocycles. The van der Waals surface area contributed by atoms with Gasteiger partial charge in [0.2, 0.25) is 0 Å². The van der Waals surface area contributed by atoms with Crippen molar-refractivity contribution in [2.24, 2.45) is 5.73 Å². The van der Waals surface area contributed by atoms with Crippen molar-refractivity contribution in [2.45, 2.75) is 0 Å². The molecule has 2 rings (SSSR count). The molecular weight excluding hydrogens is 324 g/mol. The van der Waals surface area contributed by atoms with Crippen molar-refractivity contribution in [1.29, 1.82) is 0 Å². The van der Waals surface area contributed by atoms with E-state index in [-0.39, 0.29) is 5.69 Å². The lowest BCUT2D eigenvalue weighted by Gasteiger charge is -2.13. The first-order valence-electron chi connectivity index (χ1n) is 5.68. The number of anilines is 3. The van der Waals surface area contributed by atoms with Crippen molar-refractivity contribution in [3.8, 4) is 5.75 Å². The van der Waals surface area contributed by atoms with Gasteiger partial charge in [-0.2, -0.15) is 0 Å². The van der Waals surface area contributed by atoms with Gasteiger partial charge in [-0.1, -0.05) is 15.9 Å². The molecule has 5 N–H and O–H groups in total. The van der Waals surface area contributed by atoms with Gasteiger partial charge in [-0.15, -0.1) is 0 Å². The van der Waals surface area contributed by atoms with Crippen molar-refractivity contribution < 1.29 is 9.53 Å². The van der Waals surface area contributed by atoms with Crippen molar-refractivity contribution >= 4 is 39.0 Å². The summed E-state index contributed by atoms with van der Waals surface area (Å²) in [5, 5.41) is 3.03. The number of ether oxygens (including phenoxy) is 1. The molecule has 1 amide bonds. The number of pyridine rings is 1. The van der Waals surface area contributed by atoms with Crippen molar-refractivity contribution in [3.63, 3.8) is 0 Å². The second-order valence-electron chi connectivity index (χ2n) is 3.97. The summed E-state index contributed by atoms with van der Waals surface area (Å²) in [6.45, 7) is 0. The summed E-state index contributed by atoms with van der Waals surface area (Å²) >= 11 is 3.37. The quantitative estimate of drug-likeness (QED) is 0.794. The predicted octanol–water partition coefficient (Wildman–Crippen LogP) is 2.28. The maximum Gasteiger partial charge on any atom is 0.267 e. The van der Waals surface area contributed by atoms with Crippen LogP contribution in [0.25, 0.3) is 0 Å². The van der Waals surface area contributed by atoms with Crippen molar-refractivity contribution in [1.82, 2.24) is 4.98 Å². The zero-order valence-corrected chi connectivity index (χ0v) is 12.3. The van der Waals surface area contributed by atoms with Crippen molar-refractivity contribution in [2.75, 3.05) is 18.2 Å². The Hall–Kier alpha value is -2.28. The minimum atomic E-state index is -0.616. The Bertz CT molecular complexity index is 661. The number of nitrogens with zero attached hydrogens (tertiary/aromatic N) is 1. The lowest BCUT2D eigenvalue weighted by Crippen LogP contribution is -2.14. The number of hydrogen-bond acceptors (Lipinski definition) is 5. The number of nitrogens with two attached hydrogens (primary N) is 2. The molecule has 0 saturated carbocycles. The molecule has 0 atom stereocenters. The molecule has 0 spiro atoms. The molecule has 2 aromatic rings. The van der Waals surface area contributed by atoms with E-state index in [2.05, 4.69) is 26.2 Å². The van der Waals surface area contributed by atoms with E-state index in [9.17, 15) is 4.79 Å². The number of nitrogen functional groups attached to an aromatic ring is 1. The van der Waals surface area contributed by atoms with Crippen LogP contribution in [0.15, 0.2) is 34.8 Å². The van der Waals surface area contributed by atoms with Crippen LogP contribution >= 0.6 is 15.9 Å². The fourth-order valence-electron chi connectivity index (χ4n) is 1.61. The molecule has 1 aromatic heterocycles. The number of carbonyl (C=O) groups is 1. The zero-order valence-electron chi connectivity index (χ0n) is 10.7. The average molecular weight is 337 g/mol. The summed E-state index contributed by atoms with van der Waals surface area (Å²) in [7, 11) is 1.56. The number of aromatic nitrogens is 1. The number of benzene rings is 1. The monoisotopic (exact) mass is 336 g/mol. The third kappa shape index (κ3) is 3.00. The van der Waals surface area contributed by atoms with Crippen LogP contribution in [-0.4, -0.2) is 18.0 Å². The summed E-state index contributed by atoms with van der Waals surface area (Å²) in [6, 6.07) is 8.50. The van der Waals surface area contributed by atoms with Crippen LogP contribution in [0.5, 0.6) is 5.75 Å². The number of primary amides is 1. The van der Waals surface area contributed by atoms with Crippen LogP contribution in [0.1, 0.15) is 10.5 Å². The summed E-state index contributed by atoms with van der Waals surface area (Å²) < 4.78 is 6.11. The molecular formula is C13H13BrN4O2. The molecule has 6 nitrogen and oxygen atoms in total. The Balaban J connectivity index is 2.41. The van der Waals surface area contributed by atoms with Gasteiger partial charge in [0.1, 0.15) is 11.4 Å². The highest BCUT2D eigenvalue weighted by atomic mass is 79.9. The number of halogens is 1. The molecule has 0 radical (unpaired) electrons. The highest BCUT2D eigenvalue weighted by molar-refractivity contribution is 9.10. The Kier molecular flexibility index (Phi) is 4.09. The standard InChI is InChI=1S/C13H13BrN4O2/c1-20-11-5-2-7(14)6-10(11)18-13-8(15)3-4-9(17-13)12(16)19/h2-6H,15H2,1H3,(H2,16,19)(H,17,18). The molecule has 104 valence electrons. The van der Waals surface area contributed by atoms with Crippen LogP contribution in [0.3, 0.4) is 0 Å². The van der Waals surface area contributed by atoms with Gasteiger partial charge in [-0.25, -0.2) is 4.98 Å². The third-order valence-electron chi connectivity index (χ3n) is 2.59. The molecule has 0 bridgehead atoms. The van der Waals surface area contributed by atoms with E-state index in [1.165, 1.54) is 6.07 Å². The Morgan fingerprint density at radius 3 is 2.75 bits per heavy atom. The minimum Gasteiger partial charge on any atom is -0.495 e. The molecule has 0 aliphatic carbocycles. The predicted molar refractivity (Wildman–Crippen MR) is 81.1 cm³/mol. The number of rotatable bonds is 4. The number of hydrogen-bond donors (Lipinski definition) is 3. The van der Waals surface area contributed by atoms with E-state index < -0.39 is 5.91 Å². The average Bonchev–Trinajstić information content (AvgIpc) is 2.41. The fraction of sp³-hybridized carbons (Fsp3) is 0.0769. The largest absolute Gasteiger partial charge is 0.495 e. The van der Waals surface area contributed by atoms with E-state index in [4.69, 9.17) is 16.2 Å². The van der Waals surface area contributed by atoms with E-state index in [1.807, 2.05) is 12.1 Å². The molecule has 0 saturated heterocycles. The SMILES string of the molecule is COc1ccc(Br)cc1Nc1nc(C(N)=O)ccc1N. The molecule has 0 aliphatic heterocycles. The van der Waals surface area contributed by atoms with Gasteiger partial charge < -0.3 is 21.5 Å². The summed E-state index contributed by atoms with van der Waals surface area (Å²) in [5.74, 6) is 0.353. The molecule has 0 fully saturated rings. The first-order chi connectivity index (χ1) is 9.51. The Labute approximate surface area is 124 Å². The fourth-order valence-corrected chi connectivity index (χ4v) is 1.97. The number of amides is 1. The summed E-state index contributed by atoms with van der Waals surface area (Å²) in [5.41, 5.74) is 12.2. The van der Waals surface area contributed by atoms with Crippen LogP contribution in [0, 0.1) is 0 Å². The normalized spacial score (nSPS) is 10.1. The highest BCUT2D eigenvalue weighted by Crippen LogP contribution is 2.31. The van der Waals surface area contributed by atoms with E-state index >= 15 is 0 Å². The highest BCUT2D eigenvalue weighted by Gasteiger charge is 2.10. The van der Waals surface area contributed by atoms with Crippen LogP contribution < -0.4 is 21.5 Å². The van der Waals surface area contributed by atoms with Crippen molar-refractivity contribution in [3.05, 3.63) is 40.5 Å². The molecule has 0 aliphatic rings. The van der Waals surface area contributed by atoms with Gasteiger partial charge in [-0.3, -0.25) is 4.79 Å². The lowest BCUT2D eigenvalue weighted by atomic mass is 10.2. The second kappa shape index (κ2) is 5.79. The van der Waals surface area contributed by atoms with Gasteiger partial charge in [0.05, 0.1) is 18.5 Å². The first kappa shape index (κ1) is 14.1. The van der Waals surface area contributed by atoms with Crippen LogP contribution in [0.4, 0.5) is 17.2 Å². The van der Waals surface area contributed by atoms with E-state index in [0.717, 1.165) is 4.47 Å². The van der Waals surface area contributed by atoms with Gasteiger partial charge in [0.25, 0.3) is 5.91 Å².